The molecule has 0 atom stereocenters. The Morgan fingerprint density at radius 3 is 2.75 bits per heavy atom. The average molecular weight is 280 g/mol. The van der Waals surface area contributed by atoms with Crippen LogP contribution in [0.3, 0.4) is 0 Å². The van der Waals surface area contributed by atoms with Crippen LogP contribution in [0, 0.1) is 5.82 Å². The predicted molar refractivity (Wildman–Crippen MR) is 75.8 cm³/mol. The number of hydrogen-bond donors (Lipinski definition) is 1. The summed E-state index contributed by atoms with van der Waals surface area (Å²) < 4.78 is 19.4. The van der Waals surface area contributed by atoms with Gasteiger partial charge in [-0.3, -0.25) is 0 Å². The van der Waals surface area contributed by atoms with Gasteiger partial charge < -0.3 is 15.4 Å². The highest BCUT2D eigenvalue weighted by Crippen LogP contribution is 2.26. The summed E-state index contributed by atoms with van der Waals surface area (Å²) in [7, 11) is 0. The molecule has 4 nitrogen and oxygen atoms in total. The molecule has 2 rings (SSSR count). The molecule has 110 valence electrons. The third-order valence-electron chi connectivity index (χ3n) is 3.24. The highest BCUT2D eigenvalue weighted by molar-refractivity contribution is 5.68. The van der Waals surface area contributed by atoms with Crippen LogP contribution in [0.2, 0.25) is 0 Å². The smallest absolute Gasteiger partial charge is 0.410 e. The molecular formula is C15H21FN2O2. The number of ether oxygens (including phenoxy) is 1. The minimum atomic E-state index is -0.529. The van der Waals surface area contributed by atoms with E-state index < -0.39 is 5.60 Å². The first-order valence-electron chi connectivity index (χ1n) is 6.81. The highest BCUT2D eigenvalue weighted by atomic mass is 19.1. The van der Waals surface area contributed by atoms with Crippen molar-refractivity contribution < 1.29 is 13.9 Å². The van der Waals surface area contributed by atoms with Gasteiger partial charge in [-0.2, -0.15) is 0 Å². The fourth-order valence-electron chi connectivity index (χ4n) is 2.31. The molecule has 1 aliphatic heterocycles. The number of halogens is 1. The summed E-state index contributed by atoms with van der Waals surface area (Å²) in [5.41, 5.74) is 6.65. The fraction of sp³-hybridized carbons (Fsp3) is 0.533. The van der Waals surface area contributed by atoms with E-state index in [1.54, 1.807) is 17.0 Å². The van der Waals surface area contributed by atoms with Crippen LogP contribution in [0.5, 0.6) is 0 Å². The monoisotopic (exact) mass is 280 g/mol. The molecule has 1 aromatic rings. The molecule has 1 amide bonds. The van der Waals surface area contributed by atoms with Crippen LogP contribution in [-0.2, 0) is 17.7 Å². The number of carbonyl (C=O) groups is 1. The van der Waals surface area contributed by atoms with Crippen molar-refractivity contribution in [3.8, 4) is 0 Å². The van der Waals surface area contributed by atoms with Crippen LogP contribution in [0.1, 0.15) is 38.3 Å². The van der Waals surface area contributed by atoms with Gasteiger partial charge in [0.15, 0.2) is 0 Å². The van der Waals surface area contributed by atoms with Gasteiger partial charge in [0, 0.05) is 13.1 Å². The van der Waals surface area contributed by atoms with E-state index in [0.717, 1.165) is 5.56 Å². The maximum Gasteiger partial charge on any atom is 0.410 e. The molecule has 2 N–H and O–H groups in total. The Balaban J connectivity index is 2.21. The minimum absolute atomic E-state index is 0.162. The van der Waals surface area contributed by atoms with E-state index in [4.69, 9.17) is 10.5 Å². The Kier molecular flexibility index (Phi) is 3.88. The number of carbonyl (C=O) groups excluding carboxylic acids is 1. The maximum atomic E-state index is 14.0. The lowest BCUT2D eigenvalue weighted by atomic mass is 10.0. The Morgan fingerprint density at radius 1 is 1.40 bits per heavy atom. The predicted octanol–water partition coefficient (Wildman–Crippen LogP) is 3.09. The lowest BCUT2D eigenvalue weighted by molar-refractivity contribution is 0.0237. The Labute approximate surface area is 118 Å². The zero-order valence-corrected chi connectivity index (χ0v) is 12.2. The molecule has 5 heteroatoms. The molecule has 0 saturated carbocycles. The zero-order chi connectivity index (χ0) is 14.9. The summed E-state index contributed by atoms with van der Waals surface area (Å²) in [6.07, 6.45) is 0.931. The van der Waals surface area contributed by atoms with Crippen molar-refractivity contribution in [3.63, 3.8) is 0 Å². The van der Waals surface area contributed by atoms with Crippen LogP contribution in [-0.4, -0.2) is 23.1 Å². The van der Waals surface area contributed by atoms with Gasteiger partial charge in [0.1, 0.15) is 11.4 Å². The normalized spacial score (nSPS) is 15.5. The molecule has 1 heterocycles. The fourth-order valence-corrected chi connectivity index (χ4v) is 2.31. The van der Waals surface area contributed by atoms with Crippen molar-refractivity contribution in [2.24, 2.45) is 0 Å². The second kappa shape index (κ2) is 5.31. The topological polar surface area (TPSA) is 55.6 Å². The van der Waals surface area contributed by atoms with Crippen molar-refractivity contribution in [2.75, 3.05) is 12.3 Å². The van der Waals surface area contributed by atoms with E-state index in [1.165, 1.54) is 0 Å². The van der Waals surface area contributed by atoms with E-state index >= 15 is 0 Å². The lowest BCUT2D eigenvalue weighted by Gasteiger charge is -2.26. The van der Waals surface area contributed by atoms with Crippen LogP contribution in [0.4, 0.5) is 14.9 Å². The molecule has 0 saturated heterocycles. The SMILES string of the molecule is CC(C)(C)OC(=O)N1CCCc2c(ccc(N)c2F)C1. The van der Waals surface area contributed by atoms with Gasteiger partial charge in [-0.1, -0.05) is 6.07 Å². The summed E-state index contributed by atoms with van der Waals surface area (Å²) in [6, 6.07) is 3.34. The first-order chi connectivity index (χ1) is 9.28. The van der Waals surface area contributed by atoms with Gasteiger partial charge in [-0.15, -0.1) is 0 Å². The second-order valence-corrected chi connectivity index (χ2v) is 6.11. The maximum absolute atomic E-state index is 14.0. The largest absolute Gasteiger partial charge is 0.444 e. The summed E-state index contributed by atoms with van der Waals surface area (Å²) in [5.74, 6) is -0.353. The average Bonchev–Trinajstić information content (AvgIpc) is 2.54. The van der Waals surface area contributed by atoms with Crippen LogP contribution < -0.4 is 5.73 Å². The zero-order valence-electron chi connectivity index (χ0n) is 12.2. The Bertz CT molecular complexity index is 523. The van der Waals surface area contributed by atoms with Gasteiger partial charge in [-0.05, 0) is 50.8 Å². The van der Waals surface area contributed by atoms with E-state index in [0.29, 0.717) is 31.5 Å². The number of rotatable bonds is 0. The standard InChI is InChI=1S/C15H21FN2O2/c1-15(2,3)20-14(19)18-8-4-5-11-10(9-18)6-7-12(17)13(11)16/h6-7H,4-5,8-9,17H2,1-3H3. The van der Waals surface area contributed by atoms with Crippen LogP contribution in [0.25, 0.3) is 0 Å². The minimum Gasteiger partial charge on any atom is -0.444 e. The molecule has 0 aromatic heterocycles. The Hall–Kier alpha value is -1.78. The van der Waals surface area contributed by atoms with Crippen LogP contribution in [0.15, 0.2) is 12.1 Å². The molecule has 0 fully saturated rings. The van der Waals surface area contributed by atoms with Crippen molar-refractivity contribution in [3.05, 3.63) is 29.1 Å². The van der Waals surface area contributed by atoms with Crippen molar-refractivity contribution >= 4 is 11.8 Å². The van der Waals surface area contributed by atoms with E-state index in [1.807, 2.05) is 20.8 Å². The summed E-state index contributed by atoms with van der Waals surface area (Å²) in [4.78, 5) is 13.7. The molecule has 20 heavy (non-hydrogen) atoms. The highest BCUT2D eigenvalue weighted by Gasteiger charge is 2.25. The van der Waals surface area contributed by atoms with Gasteiger partial charge in [-0.25, -0.2) is 9.18 Å². The van der Waals surface area contributed by atoms with E-state index in [-0.39, 0.29) is 17.6 Å². The second-order valence-electron chi connectivity index (χ2n) is 6.11. The van der Waals surface area contributed by atoms with Gasteiger partial charge in [0.2, 0.25) is 0 Å². The van der Waals surface area contributed by atoms with Crippen molar-refractivity contribution in [2.45, 2.75) is 45.8 Å². The quantitative estimate of drug-likeness (QED) is 0.743. The molecule has 0 unspecified atom stereocenters. The molecule has 0 bridgehead atoms. The molecule has 1 aromatic carbocycles. The Morgan fingerprint density at radius 2 is 2.10 bits per heavy atom. The lowest BCUT2D eigenvalue weighted by Crippen LogP contribution is -2.36. The summed E-state index contributed by atoms with van der Waals surface area (Å²) in [5, 5.41) is 0. The summed E-state index contributed by atoms with van der Waals surface area (Å²) >= 11 is 0. The van der Waals surface area contributed by atoms with Gasteiger partial charge in [0.25, 0.3) is 0 Å². The van der Waals surface area contributed by atoms with E-state index in [2.05, 4.69) is 0 Å². The molecule has 1 aliphatic rings. The number of nitrogen functional groups attached to an aromatic ring is 1. The van der Waals surface area contributed by atoms with Gasteiger partial charge >= 0.3 is 6.09 Å². The van der Waals surface area contributed by atoms with Crippen LogP contribution >= 0.6 is 0 Å². The van der Waals surface area contributed by atoms with Gasteiger partial charge in [0.05, 0.1) is 5.69 Å². The number of nitrogens with zero attached hydrogens (tertiary/aromatic N) is 1. The number of fused-ring (bicyclic) bond motifs is 1. The van der Waals surface area contributed by atoms with Crippen molar-refractivity contribution in [1.82, 2.24) is 4.90 Å². The van der Waals surface area contributed by atoms with Crippen molar-refractivity contribution in [1.29, 1.82) is 0 Å². The third kappa shape index (κ3) is 3.21. The first-order valence-corrected chi connectivity index (χ1v) is 6.81. The molecule has 0 radical (unpaired) electrons. The first kappa shape index (κ1) is 14.6. The molecular weight excluding hydrogens is 259 g/mol. The molecule has 0 spiro atoms. The third-order valence-corrected chi connectivity index (χ3v) is 3.24. The van der Waals surface area contributed by atoms with E-state index in [9.17, 15) is 9.18 Å². The molecule has 0 aliphatic carbocycles. The number of hydrogen-bond acceptors (Lipinski definition) is 3. The number of anilines is 1. The number of amides is 1. The number of benzene rings is 1. The number of nitrogens with two attached hydrogens (primary N) is 1. The summed E-state index contributed by atoms with van der Waals surface area (Å²) in [6.45, 7) is 6.41.